The highest BCUT2D eigenvalue weighted by Gasteiger charge is 2.32. The van der Waals surface area contributed by atoms with Crippen LogP contribution in [0, 0.1) is 6.92 Å². The lowest BCUT2D eigenvalue weighted by molar-refractivity contribution is 0.0712. The lowest BCUT2D eigenvalue weighted by Crippen LogP contribution is -2.46. The minimum absolute atomic E-state index is 0.130. The van der Waals surface area contributed by atoms with Crippen molar-refractivity contribution < 1.29 is 13.5 Å². The molecule has 2 rings (SSSR count). The molecule has 18 heavy (non-hydrogen) atoms. The van der Waals surface area contributed by atoms with Crippen LogP contribution in [0.2, 0.25) is 5.02 Å². The van der Waals surface area contributed by atoms with Crippen LogP contribution in [-0.2, 0) is 10.0 Å². The third kappa shape index (κ3) is 2.61. The molecule has 0 aliphatic heterocycles. The highest BCUT2D eigenvalue weighted by atomic mass is 35.5. The second-order valence-electron chi connectivity index (χ2n) is 4.58. The average Bonchev–Trinajstić information content (AvgIpc) is 2.20. The molecule has 0 unspecified atom stereocenters. The summed E-state index contributed by atoms with van der Waals surface area (Å²) in [6.45, 7) is 1.66. The first-order chi connectivity index (χ1) is 8.29. The van der Waals surface area contributed by atoms with Gasteiger partial charge in [-0.1, -0.05) is 11.6 Å². The minimum atomic E-state index is -3.61. The van der Waals surface area contributed by atoms with E-state index in [-0.39, 0.29) is 16.6 Å². The maximum Gasteiger partial charge on any atom is 0.241 e. The van der Waals surface area contributed by atoms with Crippen molar-refractivity contribution in [3.63, 3.8) is 0 Å². The van der Waals surface area contributed by atoms with E-state index < -0.39 is 16.1 Å². The standard InChI is InChI=1S/C11H15ClN2O3S/c1-6-2-9(12)10(13)5-11(6)18(16,17)14-7-3-8(15)4-7/h2,5,7-8,14-15H,3-4,13H2,1H3. The number of hydrogen-bond acceptors (Lipinski definition) is 4. The second-order valence-corrected chi connectivity index (χ2v) is 6.67. The van der Waals surface area contributed by atoms with Crippen LogP contribution in [0.5, 0.6) is 0 Å². The Morgan fingerprint density at radius 2 is 2.06 bits per heavy atom. The first kappa shape index (κ1) is 13.6. The van der Waals surface area contributed by atoms with Crippen LogP contribution in [0.25, 0.3) is 0 Å². The Morgan fingerprint density at radius 1 is 1.44 bits per heavy atom. The van der Waals surface area contributed by atoms with Gasteiger partial charge in [0.25, 0.3) is 0 Å². The monoisotopic (exact) mass is 290 g/mol. The summed E-state index contributed by atoms with van der Waals surface area (Å²) in [7, 11) is -3.61. The van der Waals surface area contributed by atoms with Crippen molar-refractivity contribution in [3.05, 3.63) is 22.7 Å². The van der Waals surface area contributed by atoms with E-state index in [0.717, 1.165) is 0 Å². The summed E-state index contributed by atoms with van der Waals surface area (Å²) >= 11 is 5.83. The van der Waals surface area contributed by atoms with Gasteiger partial charge in [0.2, 0.25) is 10.0 Å². The molecule has 7 heteroatoms. The molecule has 0 bridgehead atoms. The van der Waals surface area contributed by atoms with Gasteiger partial charge >= 0.3 is 0 Å². The highest BCUT2D eigenvalue weighted by molar-refractivity contribution is 7.89. The van der Waals surface area contributed by atoms with Crippen molar-refractivity contribution in [2.24, 2.45) is 0 Å². The highest BCUT2D eigenvalue weighted by Crippen LogP contribution is 2.28. The summed E-state index contributed by atoms with van der Waals surface area (Å²) in [5, 5.41) is 9.49. The molecule has 100 valence electrons. The van der Waals surface area contributed by atoms with Gasteiger partial charge in [-0.15, -0.1) is 0 Å². The van der Waals surface area contributed by atoms with E-state index in [1.165, 1.54) is 12.1 Å². The lowest BCUT2D eigenvalue weighted by Gasteiger charge is -2.31. The number of rotatable bonds is 3. The maximum atomic E-state index is 12.1. The second kappa shape index (κ2) is 4.70. The van der Waals surface area contributed by atoms with Crippen LogP contribution in [0.3, 0.4) is 0 Å². The molecule has 0 saturated heterocycles. The predicted molar refractivity (Wildman–Crippen MR) is 70.0 cm³/mol. The Bertz CT molecular complexity index is 568. The Morgan fingerprint density at radius 3 is 2.61 bits per heavy atom. The molecule has 0 amide bonds. The Balaban J connectivity index is 2.27. The van der Waals surface area contributed by atoms with Crippen molar-refractivity contribution in [2.45, 2.75) is 36.8 Å². The molecule has 4 N–H and O–H groups in total. The van der Waals surface area contributed by atoms with Gasteiger partial charge in [-0.2, -0.15) is 0 Å². The molecule has 1 aromatic carbocycles. The third-order valence-electron chi connectivity index (χ3n) is 3.02. The molecule has 0 radical (unpaired) electrons. The van der Waals surface area contributed by atoms with Crippen LogP contribution in [0.4, 0.5) is 5.69 Å². The number of aliphatic hydroxyl groups excluding tert-OH is 1. The Labute approximate surface area is 111 Å². The molecule has 0 atom stereocenters. The minimum Gasteiger partial charge on any atom is -0.397 e. The van der Waals surface area contributed by atoms with Crippen molar-refractivity contribution in [1.82, 2.24) is 4.72 Å². The SMILES string of the molecule is Cc1cc(Cl)c(N)cc1S(=O)(=O)NC1CC(O)C1. The summed E-state index contributed by atoms with van der Waals surface area (Å²) in [5.74, 6) is 0. The number of halogens is 1. The first-order valence-electron chi connectivity index (χ1n) is 5.55. The summed E-state index contributed by atoms with van der Waals surface area (Å²) in [6.07, 6.45) is 0.483. The smallest absolute Gasteiger partial charge is 0.241 e. The van der Waals surface area contributed by atoms with Crippen LogP contribution in [0.15, 0.2) is 17.0 Å². The van der Waals surface area contributed by atoms with Gasteiger partial charge in [0.1, 0.15) is 0 Å². The number of nitrogens with two attached hydrogens (primary N) is 1. The number of nitrogen functional groups attached to an aromatic ring is 1. The molecule has 1 fully saturated rings. The van der Waals surface area contributed by atoms with Gasteiger partial charge in [0.15, 0.2) is 0 Å². The molecule has 1 aliphatic carbocycles. The Hall–Kier alpha value is -0.820. The molecule has 0 spiro atoms. The van der Waals surface area contributed by atoms with Gasteiger partial charge < -0.3 is 10.8 Å². The Kier molecular flexibility index (Phi) is 3.55. The number of hydrogen-bond donors (Lipinski definition) is 3. The number of anilines is 1. The van der Waals surface area contributed by atoms with E-state index in [1.807, 2.05) is 0 Å². The van der Waals surface area contributed by atoms with Crippen molar-refractivity contribution in [2.75, 3.05) is 5.73 Å². The number of sulfonamides is 1. The van der Waals surface area contributed by atoms with Gasteiger partial charge in [-0.25, -0.2) is 13.1 Å². The zero-order chi connectivity index (χ0) is 13.5. The molecule has 1 aromatic rings. The van der Waals surface area contributed by atoms with E-state index in [0.29, 0.717) is 23.4 Å². The molecule has 5 nitrogen and oxygen atoms in total. The first-order valence-corrected chi connectivity index (χ1v) is 7.41. The average molecular weight is 291 g/mol. The summed E-state index contributed by atoms with van der Waals surface area (Å²) in [5.41, 5.74) is 6.40. The largest absolute Gasteiger partial charge is 0.397 e. The molecule has 0 aromatic heterocycles. The lowest BCUT2D eigenvalue weighted by atomic mass is 9.91. The van der Waals surface area contributed by atoms with Gasteiger partial charge in [0, 0.05) is 6.04 Å². The van der Waals surface area contributed by atoms with Crippen molar-refractivity contribution >= 4 is 27.3 Å². The fraction of sp³-hybridized carbons (Fsp3) is 0.455. The third-order valence-corrected chi connectivity index (χ3v) is 5.01. The van der Waals surface area contributed by atoms with Gasteiger partial charge in [-0.3, -0.25) is 0 Å². The molecule has 1 aliphatic rings. The van der Waals surface area contributed by atoms with Crippen molar-refractivity contribution in [1.29, 1.82) is 0 Å². The van der Waals surface area contributed by atoms with E-state index in [1.54, 1.807) is 6.92 Å². The fourth-order valence-corrected chi connectivity index (χ4v) is 3.67. The van der Waals surface area contributed by atoms with Crippen LogP contribution < -0.4 is 10.5 Å². The zero-order valence-corrected chi connectivity index (χ0v) is 11.4. The number of aryl methyl sites for hydroxylation is 1. The quantitative estimate of drug-likeness (QED) is 0.725. The number of aliphatic hydroxyl groups is 1. The normalized spacial score (nSPS) is 23.7. The summed E-state index contributed by atoms with van der Waals surface area (Å²) < 4.78 is 26.8. The van der Waals surface area contributed by atoms with Crippen LogP contribution in [0.1, 0.15) is 18.4 Å². The fourth-order valence-electron chi connectivity index (χ4n) is 1.93. The van der Waals surface area contributed by atoms with E-state index >= 15 is 0 Å². The number of benzene rings is 1. The molecular weight excluding hydrogens is 276 g/mol. The zero-order valence-electron chi connectivity index (χ0n) is 9.85. The topological polar surface area (TPSA) is 92.4 Å². The maximum absolute atomic E-state index is 12.1. The van der Waals surface area contributed by atoms with E-state index in [4.69, 9.17) is 22.4 Å². The van der Waals surface area contributed by atoms with Gasteiger partial charge in [0.05, 0.1) is 21.7 Å². The van der Waals surface area contributed by atoms with Crippen molar-refractivity contribution in [3.8, 4) is 0 Å². The van der Waals surface area contributed by atoms with Crippen LogP contribution in [-0.4, -0.2) is 25.7 Å². The van der Waals surface area contributed by atoms with E-state index in [9.17, 15) is 8.42 Å². The predicted octanol–water partition coefficient (Wildman–Crippen LogP) is 1.03. The van der Waals surface area contributed by atoms with Gasteiger partial charge in [-0.05, 0) is 37.5 Å². The molecule has 0 heterocycles. The number of nitrogens with one attached hydrogen (secondary N) is 1. The summed E-state index contributed by atoms with van der Waals surface area (Å²) in [4.78, 5) is 0.130. The van der Waals surface area contributed by atoms with E-state index in [2.05, 4.69) is 4.72 Å². The molecule has 1 saturated carbocycles. The molecular formula is C11H15ClN2O3S. The summed E-state index contributed by atoms with van der Waals surface area (Å²) in [6, 6.07) is 2.68. The van der Waals surface area contributed by atoms with Crippen LogP contribution >= 0.6 is 11.6 Å².